The van der Waals surface area contributed by atoms with Crippen LogP contribution in [0.5, 0.6) is 0 Å². The van der Waals surface area contributed by atoms with E-state index in [-0.39, 0.29) is 10.6 Å². The third kappa shape index (κ3) is 4.83. The molecule has 0 aliphatic carbocycles. The summed E-state index contributed by atoms with van der Waals surface area (Å²) in [5.41, 5.74) is 2.15. The molecule has 1 aromatic carbocycles. The number of aryl methyl sites for hydroxylation is 1. The van der Waals surface area contributed by atoms with Gasteiger partial charge in [0, 0.05) is 31.3 Å². The van der Waals surface area contributed by atoms with Crippen molar-refractivity contribution in [1.82, 2.24) is 10.2 Å². The molecule has 1 saturated heterocycles. The van der Waals surface area contributed by atoms with Crippen molar-refractivity contribution in [3.05, 3.63) is 56.3 Å². The average Bonchev–Trinajstić information content (AvgIpc) is 2.65. The van der Waals surface area contributed by atoms with Gasteiger partial charge in [-0.15, -0.1) is 10.2 Å². The highest BCUT2D eigenvalue weighted by molar-refractivity contribution is 6.33. The Hall–Kier alpha value is -1.92. The highest BCUT2D eigenvalue weighted by Gasteiger charge is 2.21. The zero-order valence-electron chi connectivity index (χ0n) is 14.3. The van der Waals surface area contributed by atoms with Crippen LogP contribution in [0, 0.1) is 16.0 Å². The molecule has 0 amide bonds. The fraction of sp³-hybridized carbons (Fsp3) is 0.444. The minimum absolute atomic E-state index is 0.144. The normalized spacial score (nSPS) is 15.2. The van der Waals surface area contributed by atoms with Crippen molar-refractivity contribution in [2.75, 3.05) is 18.0 Å². The predicted octanol–water partition coefficient (Wildman–Crippen LogP) is 4.93. The highest BCUT2D eigenvalue weighted by atomic mass is 35.5. The van der Waals surface area contributed by atoms with Crippen LogP contribution in [0.1, 0.15) is 31.2 Å². The molecule has 0 spiro atoms. The second kappa shape index (κ2) is 8.64. The highest BCUT2D eigenvalue weighted by Crippen LogP contribution is 2.31. The van der Waals surface area contributed by atoms with Crippen LogP contribution < -0.4 is 4.90 Å². The lowest BCUT2D eigenvalue weighted by Gasteiger charge is -2.33. The molecular weight excluding hydrogens is 375 g/mol. The van der Waals surface area contributed by atoms with Gasteiger partial charge in [-0.1, -0.05) is 35.3 Å². The van der Waals surface area contributed by atoms with Gasteiger partial charge in [0.15, 0.2) is 10.3 Å². The van der Waals surface area contributed by atoms with Crippen molar-refractivity contribution in [2.24, 2.45) is 5.92 Å². The van der Waals surface area contributed by atoms with Crippen molar-refractivity contribution in [1.29, 1.82) is 0 Å². The molecule has 1 aliphatic heterocycles. The van der Waals surface area contributed by atoms with Gasteiger partial charge in [0.05, 0.1) is 10.6 Å². The van der Waals surface area contributed by atoms with Gasteiger partial charge < -0.3 is 4.90 Å². The third-order valence-electron chi connectivity index (χ3n) is 4.88. The lowest BCUT2D eigenvalue weighted by molar-refractivity contribution is -0.384. The molecule has 3 rings (SSSR count). The maximum atomic E-state index is 10.7. The molecule has 138 valence electrons. The van der Waals surface area contributed by atoms with E-state index in [9.17, 15) is 10.1 Å². The van der Waals surface area contributed by atoms with Crippen LogP contribution >= 0.6 is 23.2 Å². The van der Waals surface area contributed by atoms with E-state index < -0.39 is 0 Å². The van der Waals surface area contributed by atoms with E-state index in [1.165, 1.54) is 0 Å². The zero-order valence-corrected chi connectivity index (χ0v) is 15.8. The molecule has 0 saturated carbocycles. The van der Waals surface area contributed by atoms with Crippen molar-refractivity contribution < 1.29 is 4.92 Å². The third-order valence-corrected chi connectivity index (χ3v) is 5.33. The zero-order chi connectivity index (χ0) is 18.5. The summed E-state index contributed by atoms with van der Waals surface area (Å²) in [5, 5.41) is 19.1. The topological polar surface area (TPSA) is 72.2 Å². The lowest BCUT2D eigenvalue weighted by atomic mass is 9.90. The summed E-state index contributed by atoms with van der Waals surface area (Å²) in [4.78, 5) is 12.5. The van der Waals surface area contributed by atoms with Crippen molar-refractivity contribution in [3.63, 3.8) is 0 Å². The number of nitro groups is 1. The molecule has 26 heavy (non-hydrogen) atoms. The van der Waals surface area contributed by atoms with E-state index in [1.54, 1.807) is 18.2 Å². The van der Waals surface area contributed by atoms with E-state index in [4.69, 9.17) is 23.2 Å². The molecule has 0 unspecified atom stereocenters. The minimum Gasteiger partial charge on any atom is -0.369 e. The molecule has 2 aromatic rings. The summed E-state index contributed by atoms with van der Waals surface area (Å²) in [6.07, 6.45) is 5.42. The van der Waals surface area contributed by atoms with Gasteiger partial charge >= 0.3 is 0 Å². The number of non-ortho nitro benzene ring substituents is 1. The van der Waals surface area contributed by atoms with Gasteiger partial charge in [0.1, 0.15) is 0 Å². The average molecular weight is 395 g/mol. The van der Waals surface area contributed by atoms with Gasteiger partial charge in [0.2, 0.25) is 0 Å². The number of rotatable bonds is 6. The van der Waals surface area contributed by atoms with Crippen LogP contribution in [-0.4, -0.2) is 28.2 Å². The molecule has 1 fully saturated rings. The Morgan fingerprint density at radius 2 is 1.85 bits per heavy atom. The minimum atomic E-state index is -0.366. The number of anilines is 1. The van der Waals surface area contributed by atoms with Gasteiger partial charge in [-0.05, 0) is 43.6 Å². The number of benzene rings is 1. The number of nitro benzene ring substituents is 1. The smallest absolute Gasteiger partial charge is 0.269 e. The van der Waals surface area contributed by atoms with E-state index in [1.807, 2.05) is 12.1 Å². The van der Waals surface area contributed by atoms with Crippen molar-refractivity contribution in [2.45, 2.75) is 32.1 Å². The molecule has 1 aliphatic rings. The Morgan fingerprint density at radius 3 is 2.50 bits per heavy atom. The first-order valence-electron chi connectivity index (χ1n) is 8.70. The maximum Gasteiger partial charge on any atom is 0.269 e. The molecule has 8 heteroatoms. The second-order valence-corrected chi connectivity index (χ2v) is 7.33. The van der Waals surface area contributed by atoms with Crippen molar-refractivity contribution >= 4 is 34.6 Å². The van der Waals surface area contributed by atoms with Gasteiger partial charge in [-0.25, -0.2) is 0 Å². The summed E-state index contributed by atoms with van der Waals surface area (Å²) in [7, 11) is 0. The van der Waals surface area contributed by atoms with Gasteiger partial charge in [-0.3, -0.25) is 10.1 Å². The number of nitrogens with zero attached hydrogens (tertiary/aromatic N) is 4. The van der Waals surface area contributed by atoms with E-state index in [2.05, 4.69) is 15.1 Å². The predicted molar refractivity (Wildman–Crippen MR) is 103 cm³/mol. The Bertz CT molecular complexity index is 762. The van der Waals surface area contributed by atoms with E-state index in [0.717, 1.165) is 56.4 Å². The van der Waals surface area contributed by atoms with Gasteiger partial charge in [0.25, 0.3) is 5.69 Å². The number of hydrogen-bond acceptors (Lipinski definition) is 5. The molecule has 6 nitrogen and oxygen atoms in total. The Balaban J connectivity index is 1.44. The Morgan fingerprint density at radius 1 is 1.15 bits per heavy atom. The number of hydrogen-bond donors (Lipinski definition) is 0. The quantitative estimate of drug-likeness (QED) is 0.512. The Kier molecular flexibility index (Phi) is 6.27. The monoisotopic (exact) mass is 394 g/mol. The second-order valence-electron chi connectivity index (χ2n) is 6.59. The molecule has 0 atom stereocenters. The standard InChI is InChI=1S/C18H20Cl2N4O2/c19-17-12-16(18(20)22-21-17)23-10-8-14(9-11-23)3-1-2-13-4-6-15(7-5-13)24(25)26/h4-7,12,14H,1-3,8-11H2. The first-order chi connectivity index (χ1) is 12.5. The maximum absolute atomic E-state index is 10.7. The molecule has 0 radical (unpaired) electrons. The first-order valence-corrected chi connectivity index (χ1v) is 9.45. The van der Waals surface area contributed by atoms with Crippen LogP contribution in [0.25, 0.3) is 0 Å². The van der Waals surface area contributed by atoms with Crippen LogP contribution in [0.15, 0.2) is 30.3 Å². The van der Waals surface area contributed by atoms with Crippen LogP contribution in [-0.2, 0) is 6.42 Å². The summed E-state index contributed by atoms with van der Waals surface area (Å²) < 4.78 is 0. The van der Waals surface area contributed by atoms with Crippen LogP contribution in [0.4, 0.5) is 11.4 Å². The largest absolute Gasteiger partial charge is 0.369 e. The van der Waals surface area contributed by atoms with Gasteiger partial charge in [-0.2, -0.15) is 0 Å². The number of piperidine rings is 1. The molecule has 2 heterocycles. The summed E-state index contributed by atoms with van der Waals surface area (Å²) >= 11 is 12.1. The number of halogens is 2. The van der Waals surface area contributed by atoms with Crippen LogP contribution in [0.3, 0.4) is 0 Å². The summed E-state index contributed by atoms with van der Waals surface area (Å²) in [6.45, 7) is 1.87. The fourth-order valence-corrected chi connectivity index (χ4v) is 3.76. The lowest BCUT2D eigenvalue weighted by Crippen LogP contribution is -2.34. The van der Waals surface area contributed by atoms with Crippen molar-refractivity contribution in [3.8, 4) is 0 Å². The SMILES string of the molecule is O=[N+]([O-])c1ccc(CCCC2CCN(c3cc(Cl)nnc3Cl)CC2)cc1. The molecule has 1 aromatic heterocycles. The number of aromatic nitrogens is 2. The van der Waals surface area contributed by atoms with Crippen LogP contribution in [0.2, 0.25) is 10.3 Å². The van der Waals surface area contributed by atoms with E-state index in [0.29, 0.717) is 16.2 Å². The van der Waals surface area contributed by atoms with E-state index >= 15 is 0 Å². The molecule has 0 N–H and O–H groups in total. The molecule has 0 bridgehead atoms. The first kappa shape index (κ1) is 18.9. The fourth-order valence-electron chi connectivity index (χ4n) is 3.41. The Labute approximate surface area is 162 Å². The molecular formula is C18H20Cl2N4O2. The summed E-state index contributed by atoms with van der Waals surface area (Å²) in [5.74, 6) is 0.688. The summed E-state index contributed by atoms with van der Waals surface area (Å²) in [6, 6.07) is 8.62.